The van der Waals surface area contributed by atoms with Crippen LogP contribution in [0.4, 0.5) is 0 Å². The van der Waals surface area contributed by atoms with Crippen molar-refractivity contribution < 1.29 is 4.42 Å². The van der Waals surface area contributed by atoms with E-state index in [1.165, 1.54) is 0 Å². The number of halogens is 1. The van der Waals surface area contributed by atoms with Gasteiger partial charge in [0.15, 0.2) is 0 Å². The van der Waals surface area contributed by atoms with Crippen LogP contribution in [0.2, 0.25) is 5.02 Å². The van der Waals surface area contributed by atoms with Gasteiger partial charge in [0, 0.05) is 11.8 Å². The summed E-state index contributed by atoms with van der Waals surface area (Å²) in [7, 11) is 0. The summed E-state index contributed by atoms with van der Waals surface area (Å²) in [4.78, 5) is 0. The first-order chi connectivity index (χ1) is 7.33. The maximum Gasteiger partial charge on any atom is 0.0997 e. The molecule has 0 N–H and O–H groups in total. The maximum atomic E-state index is 5.87. The summed E-state index contributed by atoms with van der Waals surface area (Å²) in [5.74, 6) is 0. The van der Waals surface area contributed by atoms with E-state index in [-0.39, 0.29) is 0 Å². The normalized spacial score (nSPS) is 11.0. The summed E-state index contributed by atoms with van der Waals surface area (Å²) in [6.07, 6.45) is 5.08. The Morgan fingerprint density at radius 2 is 2.20 bits per heavy atom. The number of hydrogen-bond acceptors (Lipinski definition) is 2. The highest BCUT2D eigenvalue weighted by Gasteiger charge is 2.05. The number of nitrogens with zero attached hydrogens (tertiary/aromatic N) is 2. The van der Waals surface area contributed by atoms with Crippen LogP contribution in [0.15, 0.2) is 47.4 Å². The number of aromatic nitrogens is 2. The molecule has 0 aromatic carbocycles. The van der Waals surface area contributed by atoms with Gasteiger partial charge >= 0.3 is 0 Å². The first-order valence-corrected chi connectivity index (χ1v) is 4.88. The van der Waals surface area contributed by atoms with Crippen LogP contribution in [0, 0.1) is 0 Å². The Morgan fingerprint density at radius 1 is 1.27 bits per heavy atom. The topological polar surface area (TPSA) is 30.4 Å². The van der Waals surface area contributed by atoms with Crippen molar-refractivity contribution in [3.8, 4) is 11.3 Å². The Bertz CT molecular complexity index is 598. The minimum atomic E-state index is 0.671. The van der Waals surface area contributed by atoms with Crippen molar-refractivity contribution in [2.24, 2.45) is 0 Å². The highest BCUT2D eigenvalue weighted by atomic mass is 35.5. The first-order valence-electron chi connectivity index (χ1n) is 4.50. The van der Waals surface area contributed by atoms with Gasteiger partial charge in [0.05, 0.1) is 28.8 Å². The van der Waals surface area contributed by atoms with E-state index in [0.29, 0.717) is 5.02 Å². The van der Waals surface area contributed by atoms with E-state index < -0.39 is 0 Å². The Morgan fingerprint density at radius 3 is 3.00 bits per heavy atom. The molecule has 0 unspecified atom stereocenters. The Balaban J connectivity index is 2.22. The number of hydrogen-bond donors (Lipinski definition) is 0. The fraction of sp³-hybridized carbons (Fsp3) is 0. The van der Waals surface area contributed by atoms with Gasteiger partial charge in [0.2, 0.25) is 0 Å². The summed E-state index contributed by atoms with van der Waals surface area (Å²) in [5, 5.41) is 5.06. The van der Waals surface area contributed by atoms with Gasteiger partial charge in [0.1, 0.15) is 0 Å². The van der Waals surface area contributed by atoms with Crippen molar-refractivity contribution in [2.45, 2.75) is 0 Å². The summed E-state index contributed by atoms with van der Waals surface area (Å²) < 4.78 is 6.77. The highest BCUT2D eigenvalue weighted by Crippen LogP contribution is 2.21. The molecule has 3 rings (SSSR count). The Hall–Kier alpha value is -1.74. The molecule has 0 aliphatic heterocycles. The van der Waals surface area contributed by atoms with Crippen LogP contribution >= 0.6 is 11.6 Å². The lowest BCUT2D eigenvalue weighted by Gasteiger charge is -1.91. The van der Waals surface area contributed by atoms with Gasteiger partial charge < -0.3 is 4.42 Å². The maximum absolute atomic E-state index is 5.87. The molecule has 4 heteroatoms. The second-order valence-electron chi connectivity index (χ2n) is 3.26. The molecule has 0 saturated heterocycles. The minimum absolute atomic E-state index is 0.671. The van der Waals surface area contributed by atoms with Crippen molar-refractivity contribution in [1.82, 2.24) is 9.61 Å². The lowest BCUT2D eigenvalue weighted by molar-refractivity contribution is 0.568. The minimum Gasteiger partial charge on any atom is -0.472 e. The van der Waals surface area contributed by atoms with Gasteiger partial charge in [-0.15, -0.1) is 0 Å². The molecule has 15 heavy (non-hydrogen) atoms. The average molecular weight is 219 g/mol. The molecule has 0 atom stereocenters. The van der Waals surface area contributed by atoms with Gasteiger partial charge in [0.25, 0.3) is 0 Å². The molecule has 0 radical (unpaired) electrons. The summed E-state index contributed by atoms with van der Waals surface area (Å²) in [6, 6.07) is 7.64. The van der Waals surface area contributed by atoms with Gasteiger partial charge in [-0.25, -0.2) is 4.52 Å². The largest absolute Gasteiger partial charge is 0.472 e. The molecule has 0 aliphatic carbocycles. The smallest absolute Gasteiger partial charge is 0.0997 e. The van der Waals surface area contributed by atoms with Crippen LogP contribution in [0.3, 0.4) is 0 Å². The van der Waals surface area contributed by atoms with Crippen LogP contribution < -0.4 is 0 Å². The second kappa shape index (κ2) is 3.14. The fourth-order valence-electron chi connectivity index (χ4n) is 1.51. The summed E-state index contributed by atoms with van der Waals surface area (Å²) >= 11 is 5.87. The monoisotopic (exact) mass is 218 g/mol. The van der Waals surface area contributed by atoms with E-state index in [2.05, 4.69) is 5.10 Å². The van der Waals surface area contributed by atoms with Gasteiger partial charge in [-0.1, -0.05) is 11.6 Å². The summed E-state index contributed by atoms with van der Waals surface area (Å²) in [6.45, 7) is 0. The van der Waals surface area contributed by atoms with E-state index >= 15 is 0 Å². The zero-order valence-corrected chi connectivity index (χ0v) is 8.48. The fourth-order valence-corrected chi connectivity index (χ4v) is 1.67. The molecule has 0 amide bonds. The summed E-state index contributed by atoms with van der Waals surface area (Å²) in [5.41, 5.74) is 2.86. The third-order valence-electron chi connectivity index (χ3n) is 2.24. The predicted molar refractivity (Wildman–Crippen MR) is 57.9 cm³/mol. The van der Waals surface area contributed by atoms with Gasteiger partial charge in [-0.3, -0.25) is 0 Å². The molecule has 0 aliphatic rings. The molecule has 3 nitrogen and oxygen atoms in total. The third-order valence-corrected chi connectivity index (χ3v) is 2.46. The van der Waals surface area contributed by atoms with Crippen LogP contribution in [-0.2, 0) is 0 Å². The third kappa shape index (κ3) is 1.41. The number of furan rings is 1. The van der Waals surface area contributed by atoms with Crippen molar-refractivity contribution in [1.29, 1.82) is 0 Å². The zero-order valence-electron chi connectivity index (χ0n) is 7.72. The van der Waals surface area contributed by atoms with E-state index in [4.69, 9.17) is 16.0 Å². The molecule has 3 aromatic heterocycles. The van der Waals surface area contributed by atoms with Crippen molar-refractivity contribution in [2.75, 3.05) is 0 Å². The van der Waals surface area contributed by atoms with Crippen LogP contribution in [-0.4, -0.2) is 9.61 Å². The molecule has 3 heterocycles. The van der Waals surface area contributed by atoms with Crippen LogP contribution in [0.5, 0.6) is 0 Å². The van der Waals surface area contributed by atoms with E-state index in [0.717, 1.165) is 16.8 Å². The predicted octanol–water partition coefficient (Wildman–Crippen LogP) is 3.25. The molecule has 0 spiro atoms. The first kappa shape index (κ1) is 8.56. The van der Waals surface area contributed by atoms with E-state index in [9.17, 15) is 0 Å². The number of fused-ring (bicyclic) bond motifs is 1. The van der Waals surface area contributed by atoms with Crippen molar-refractivity contribution in [3.05, 3.63) is 48.0 Å². The number of rotatable bonds is 1. The lowest BCUT2D eigenvalue weighted by Crippen LogP contribution is -1.85. The Kier molecular flexibility index (Phi) is 1.79. The number of pyridine rings is 1. The molecule has 3 aromatic rings. The Labute approximate surface area is 90.9 Å². The molecule has 0 fully saturated rings. The van der Waals surface area contributed by atoms with E-state index in [1.54, 1.807) is 23.2 Å². The zero-order chi connectivity index (χ0) is 10.3. The van der Waals surface area contributed by atoms with Crippen molar-refractivity contribution >= 4 is 17.1 Å². The van der Waals surface area contributed by atoms with Crippen LogP contribution in [0.25, 0.3) is 16.8 Å². The quantitative estimate of drug-likeness (QED) is 0.628. The standard InChI is InChI=1S/C11H7ClN2O/c12-9-1-2-10-5-11(13-14(10)6-9)8-3-4-15-7-8/h1-7H. The molecule has 0 bridgehead atoms. The highest BCUT2D eigenvalue weighted by molar-refractivity contribution is 6.30. The van der Waals surface area contributed by atoms with Crippen molar-refractivity contribution in [3.63, 3.8) is 0 Å². The molecule has 0 saturated carbocycles. The average Bonchev–Trinajstić information content (AvgIpc) is 2.84. The van der Waals surface area contributed by atoms with Gasteiger partial charge in [-0.05, 0) is 24.3 Å². The SMILES string of the molecule is Clc1ccc2cc(-c3ccoc3)nn2c1. The molecular weight excluding hydrogens is 212 g/mol. The van der Waals surface area contributed by atoms with E-state index in [1.807, 2.05) is 24.3 Å². The van der Waals surface area contributed by atoms with Crippen LogP contribution in [0.1, 0.15) is 0 Å². The molecular formula is C11H7ClN2O. The van der Waals surface area contributed by atoms with Gasteiger partial charge in [-0.2, -0.15) is 5.10 Å². The lowest BCUT2D eigenvalue weighted by atomic mass is 10.2. The second-order valence-corrected chi connectivity index (χ2v) is 3.69. The molecule has 74 valence electrons.